The minimum Gasteiger partial charge on any atom is -0.308 e. The predicted molar refractivity (Wildman–Crippen MR) is 81.1 cm³/mol. The number of fused-ring (bicyclic) bond motifs is 1. The Labute approximate surface area is 115 Å². The van der Waals surface area contributed by atoms with Gasteiger partial charge in [0.2, 0.25) is 0 Å². The molecule has 100 valence electrons. The van der Waals surface area contributed by atoms with E-state index >= 15 is 0 Å². The van der Waals surface area contributed by atoms with E-state index in [9.17, 15) is 0 Å². The van der Waals surface area contributed by atoms with Crippen LogP contribution in [0.25, 0.3) is 0 Å². The van der Waals surface area contributed by atoms with Gasteiger partial charge in [-0.25, -0.2) is 0 Å². The third kappa shape index (κ3) is 3.50. The summed E-state index contributed by atoms with van der Waals surface area (Å²) in [6, 6.07) is 9.39. The molecule has 2 rings (SSSR count). The summed E-state index contributed by atoms with van der Waals surface area (Å²) in [6.07, 6.45) is 0. The van der Waals surface area contributed by atoms with Crippen molar-refractivity contribution in [2.24, 2.45) is 0 Å². The fraction of sp³-hybridized carbons (Fsp3) is 0.600. The van der Waals surface area contributed by atoms with Crippen LogP contribution in [0.15, 0.2) is 24.3 Å². The summed E-state index contributed by atoms with van der Waals surface area (Å²) in [5.41, 5.74) is 3.02. The van der Waals surface area contributed by atoms with Crippen LogP contribution in [0, 0.1) is 0 Å². The maximum Gasteiger partial charge on any atom is 0.0415 e. The Morgan fingerprint density at radius 2 is 2.06 bits per heavy atom. The van der Waals surface area contributed by atoms with Crippen LogP contribution < -0.4 is 5.32 Å². The molecule has 1 aliphatic rings. The Balaban J connectivity index is 1.87. The summed E-state index contributed by atoms with van der Waals surface area (Å²) >= 11 is 2.04. The molecule has 1 aliphatic heterocycles. The molecule has 1 aromatic rings. The van der Waals surface area contributed by atoms with Crippen molar-refractivity contribution >= 4 is 11.8 Å². The van der Waals surface area contributed by atoms with Gasteiger partial charge in [-0.15, -0.1) is 0 Å². The van der Waals surface area contributed by atoms with E-state index < -0.39 is 0 Å². The molecule has 0 radical (unpaired) electrons. The molecule has 1 atom stereocenters. The smallest absolute Gasteiger partial charge is 0.0415 e. The lowest BCUT2D eigenvalue weighted by molar-refractivity contribution is 0.298. The van der Waals surface area contributed by atoms with E-state index in [0.717, 1.165) is 26.2 Å². The highest BCUT2D eigenvalue weighted by Gasteiger charge is 2.19. The van der Waals surface area contributed by atoms with Gasteiger partial charge in [0.15, 0.2) is 0 Å². The first-order valence-electron chi connectivity index (χ1n) is 6.96. The molecule has 0 saturated carbocycles. The third-order valence-electron chi connectivity index (χ3n) is 3.69. The van der Waals surface area contributed by atoms with Crippen molar-refractivity contribution in [3.63, 3.8) is 0 Å². The molecule has 0 aliphatic carbocycles. The number of nitrogens with one attached hydrogen (secondary N) is 1. The average Bonchev–Trinajstić information content (AvgIpc) is 2.44. The molecule has 0 saturated heterocycles. The number of thioether (sulfide) groups is 1. The van der Waals surface area contributed by atoms with Crippen LogP contribution in [0.3, 0.4) is 0 Å². The van der Waals surface area contributed by atoms with Crippen molar-refractivity contribution in [1.82, 2.24) is 10.2 Å². The van der Waals surface area contributed by atoms with Crippen molar-refractivity contribution in [3.05, 3.63) is 35.4 Å². The molecule has 18 heavy (non-hydrogen) atoms. The highest BCUT2D eigenvalue weighted by Crippen LogP contribution is 2.31. The monoisotopic (exact) mass is 264 g/mol. The third-order valence-corrected chi connectivity index (χ3v) is 4.77. The Hall–Kier alpha value is -0.510. The van der Waals surface area contributed by atoms with Gasteiger partial charge in [0.25, 0.3) is 0 Å². The van der Waals surface area contributed by atoms with Gasteiger partial charge < -0.3 is 10.2 Å². The van der Waals surface area contributed by atoms with Crippen LogP contribution in [-0.2, 0) is 5.75 Å². The molecule has 1 unspecified atom stereocenters. The number of benzene rings is 1. The number of hydrogen-bond donors (Lipinski definition) is 1. The van der Waals surface area contributed by atoms with Crippen LogP contribution in [0.5, 0.6) is 0 Å². The lowest BCUT2D eigenvalue weighted by Gasteiger charge is -2.27. The molecule has 3 heteroatoms. The van der Waals surface area contributed by atoms with Gasteiger partial charge >= 0.3 is 0 Å². The molecule has 0 spiro atoms. The molecule has 1 heterocycles. The second-order valence-corrected chi connectivity index (χ2v) is 5.78. The Kier molecular flexibility index (Phi) is 5.54. The zero-order valence-corrected chi connectivity index (χ0v) is 12.3. The van der Waals surface area contributed by atoms with Gasteiger partial charge in [-0.05, 0) is 24.2 Å². The van der Waals surface area contributed by atoms with E-state index in [0.29, 0.717) is 6.04 Å². The summed E-state index contributed by atoms with van der Waals surface area (Å²) in [4.78, 5) is 2.47. The van der Waals surface area contributed by atoms with E-state index in [1.54, 1.807) is 0 Å². The zero-order chi connectivity index (χ0) is 12.8. The Bertz CT molecular complexity index is 363. The van der Waals surface area contributed by atoms with Crippen LogP contribution in [0.2, 0.25) is 0 Å². The molecular weight excluding hydrogens is 240 g/mol. The van der Waals surface area contributed by atoms with Crippen LogP contribution >= 0.6 is 11.8 Å². The fourth-order valence-corrected chi connectivity index (χ4v) is 3.62. The van der Waals surface area contributed by atoms with Crippen LogP contribution in [0.1, 0.15) is 31.0 Å². The first-order valence-corrected chi connectivity index (χ1v) is 8.12. The Morgan fingerprint density at radius 3 is 2.83 bits per heavy atom. The minimum atomic E-state index is 0.538. The van der Waals surface area contributed by atoms with E-state index in [4.69, 9.17) is 0 Å². The quantitative estimate of drug-likeness (QED) is 0.850. The molecule has 1 aromatic carbocycles. The normalized spacial score (nSPS) is 18.9. The number of hydrogen-bond acceptors (Lipinski definition) is 3. The zero-order valence-electron chi connectivity index (χ0n) is 11.5. The van der Waals surface area contributed by atoms with Crippen molar-refractivity contribution in [2.75, 3.05) is 31.9 Å². The predicted octanol–water partition coefficient (Wildman–Crippen LogP) is 2.91. The number of rotatable bonds is 6. The van der Waals surface area contributed by atoms with Crippen molar-refractivity contribution in [3.8, 4) is 0 Å². The van der Waals surface area contributed by atoms with Crippen LogP contribution in [0.4, 0.5) is 0 Å². The second-order valence-electron chi connectivity index (χ2n) is 4.75. The first kappa shape index (κ1) is 13.9. The minimum absolute atomic E-state index is 0.538. The summed E-state index contributed by atoms with van der Waals surface area (Å²) in [6.45, 7) is 8.99. The van der Waals surface area contributed by atoms with E-state index in [1.807, 2.05) is 11.8 Å². The van der Waals surface area contributed by atoms with Crippen molar-refractivity contribution in [2.45, 2.75) is 25.6 Å². The van der Waals surface area contributed by atoms with Crippen LogP contribution in [-0.4, -0.2) is 36.8 Å². The number of likely N-dealkylation sites (N-methyl/N-ethyl adjacent to an activating group) is 1. The van der Waals surface area contributed by atoms with Gasteiger partial charge in [-0.3, -0.25) is 0 Å². The van der Waals surface area contributed by atoms with Gasteiger partial charge in [0.1, 0.15) is 0 Å². The summed E-state index contributed by atoms with van der Waals surface area (Å²) in [5, 5.41) is 3.71. The van der Waals surface area contributed by atoms with Gasteiger partial charge in [-0.1, -0.05) is 38.1 Å². The van der Waals surface area contributed by atoms with E-state index in [1.165, 1.54) is 22.6 Å². The Morgan fingerprint density at radius 1 is 1.28 bits per heavy atom. The SMILES string of the molecule is CCN(CC)CCNC1CSCc2ccccc21. The lowest BCUT2D eigenvalue weighted by atomic mass is 10.0. The summed E-state index contributed by atoms with van der Waals surface area (Å²) < 4.78 is 0. The maximum absolute atomic E-state index is 3.71. The summed E-state index contributed by atoms with van der Waals surface area (Å²) in [7, 11) is 0. The van der Waals surface area contributed by atoms with Gasteiger partial charge in [0.05, 0.1) is 0 Å². The average molecular weight is 264 g/mol. The van der Waals surface area contributed by atoms with E-state index in [2.05, 4.69) is 48.3 Å². The largest absolute Gasteiger partial charge is 0.308 e. The van der Waals surface area contributed by atoms with Gasteiger partial charge in [0, 0.05) is 30.6 Å². The van der Waals surface area contributed by atoms with Crippen molar-refractivity contribution < 1.29 is 0 Å². The highest BCUT2D eigenvalue weighted by atomic mass is 32.2. The molecular formula is C15H24N2S. The fourth-order valence-electron chi connectivity index (χ4n) is 2.49. The van der Waals surface area contributed by atoms with E-state index in [-0.39, 0.29) is 0 Å². The first-order chi connectivity index (χ1) is 8.85. The highest BCUT2D eigenvalue weighted by molar-refractivity contribution is 7.98. The maximum atomic E-state index is 3.71. The molecule has 0 bridgehead atoms. The molecule has 1 N–H and O–H groups in total. The molecule has 2 nitrogen and oxygen atoms in total. The second kappa shape index (κ2) is 7.17. The van der Waals surface area contributed by atoms with Crippen molar-refractivity contribution in [1.29, 1.82) is 0 Å². The van der Waals surface area contributed by atoms with Gasteiger partial charge in [-0.2, -0.15) is 11.8 Å². The number of nitrogens with zero attached hydrogens (tertiary/aromatic N) is 1. The topological polar surface area (TPSA) is 15.3 Å². The molecule has 0 fully saturated rings. The lowest BCUT2D eigenvalue weighted by Crippen LogP contribution is -2.35. The molecule has 0 amide bonds. The standard InChI is InChI=1S/C15H24N2S/c1-3-17(4-2)10-9-16-15-12-18-11-13-7-5-6-8-14(13)15/h5-8,15-16H,3-4,9-12H2,1-2H3. The summed E-state index contributed by atoms with van der Waals surface area (Å²) in [5.74, 6) is 2.37. The molecule has 0 aromatic heterocycles.